The Morgan fingerprint density at radius 1 is 1.12 bits per heavy atom. The molecular formula is C45H68FN6O13PS. The Hall–Kier alpha value is -3.63. The third-order valence-corrected chi connectivity index (χ3v) is 14.7. The molecular weight excluding hydrogens is 915 g/mol. The number of cyclic esters (lactones) is 1. The molecule has 0 unspecified atom stereocenters. The summed E-state index contributed by atoms with van der Waals surface area (Å²) in [4.78, 5) is 81.3. The highest BCUT2D eigenvalue weighted by Gasteiger charge is 2.56. The molecule has 3 aliphatic heterocycles. The average Bonchev–Trinajstić information content (AvgIpc) is 3.71. The average molecular weight is 983 g/mol. The van der Waals surface area contributed by atoms with Crippen molar-refractivity contribution in [2.75, 3.05) is 25.8 Å². The van der Waals surface area contributed by atoms with Gasteiger partial charge in [-0.15, -0.1) is 11.3 Å². The Morgan fingerprint density at radius 2 is 1.82 bits per heavy atom. The molecule has 0 saturated carbocycles. The number of pyridine rings is 1. The Labute approximate surface area is 395 Å². The number of esters is 1. The van der Waals surface area contributed by atoms with E-state index in [1.807, 2.05) is 44.9 Å². The lowest BCUT2D eigenvalue weighted by atomic mass is 9.68. The monoisotopic (exact) mass is 982 g/mol. The summed E-state index contributed by atoms with van der Waals surface area (Å²) in [6.45, 7) is 14.0. The number of aliphatic hydroxyl groups is 2. The van der Waals surface area contributed by atoms with Gasteiger partial charge in [-0.1, -0.05) is 39.8 Å². The van der Waals surface area contributed by atoms with Gasteiger partial charge in [-0.2, -0.15) is 0 Å². The third-order valence-electron chi connectivity index (χ3n) is 13.3. The van der Waals surface area contributed by atoms with Gasteiger partial charge in [0.25, 0.3) is 5.67 Å². The molecule has 0 aromatic carbocycles. The fourth-order valence-corrected chi connectivity index (χ4v) is 10.8. The molecule has 13 atom stereocenters. The number of aliphatic hydroxyl groups excluding tert-OH is 1. The highest BCUT2D eigenvalue weighted by atomic mass is 32.1. The Bertz CT molecular complexity index is 2170. The zero-order valence-corrected chi connectivity index (χ0v) is 41.9. The lowest BCUT2D eigenvalue weighted by Gasteiger charge is -2.48. The van der Waals surface area contributed by atoms with Gasteiger partial charge >= 0.3 is 13.7 Å². The van der Waals surface area contributed by atoms with Crippen molar-refractivity contribution in [3.63, 3.8) is 0 Å². The number of ketones is 1. The van der Waals surface area contributed by atoms with E-state index in [2.05, 4.69) is 20.1 Å². The van der Waals surface area contributed by atoms with Crippen LogP contribution in [-0.2, 0) is 49.3 Å². The van der Waals surface area contributed by atoms with E-state index in [0.717, 1.165) is 6.92 Å². The van der Waals surface area contributed by atoms with E-state index in [1.165, 1.54) is 36.8 Å². The van der Waals surface area contributed by atoms with Gasteiger partial charge in [-0.05, 0) is 97.9 Å². The van der Waals surface area contributed by atoms with E-state index in [4.69, 9.17) is 23.8 Å². The topological polar surface area (TPSA) is 261 Å². The predicted molar refractivity (Wildman–Crippen MR) is 248 cm³/mol. The Kier molecular flexibility index (Phi) is 17.8. The molecule has 2 aromatic heterocycles. The lowest BCUT2D eigenvalue weighted by Crippen LogP contribution is -2.61. The molecule has 2 aromatic rings. The molecule has 0 spiro atoms. The number of halogens is 1. The first-order chi connectivity index (χ1) is 31.2. The molecule has 19 nitrogen and oxygen atoms in total. The van der Waals surface area contributed by atoms with E-state index >= 15 is 4.39 Å². The predicted octanol–water partition coefficient (Wildman–Crippen LogP) is 5.64. The molecule has 374 valence electrons. The summed E-state index contributed by atoms with van der Waals surface area (Å²) in [5.41, 5.74) is -4.80. The number of rotatable bonds is 11. The van der Waals surface area contributed by atoms with Crippen molar-refractivity contribution in [1.82, 2.24) is 14.9 Å². The minimum absolute atomic E-state index is 0.0187. The largest absolute Gasteiger partial charge is 0.457 e. The van der Waals surface area contributed by atoms with Crippen LogP contribution in [0.4, 0.5) is 10.2 Å². The number of thiazole rings is 1. The summed E-state index contributed by atoms with van der Waals surface area (Å²) in [6, 6.07) is 2.99. The van der Waals surface area contributed by atoms with Gasteiger partial charge in [-0.3, -0.25) is 19.7 Å². The van der Waals surface area contributed by atoms with Crippen LogP contribution in [0.15, 0.2) is 33.9 Å². The number of nitrogens with one attached hydrogen (secondary N) is 1. The number of amides is 1. The van der Waals surface area contributed by atoms with Crippen molar-refractivity contribution in [3.8, 4) is 10.6 Å². The van der Waals surface area contributed by atoms with E-state index in [9.17, 15) is 38.9 Å². The number of carbonyl (C=O) groups is 3. The van der Waals surface area contributed by atoms with Crippen molar-refractivity contribution in [2.45, 2.75) is 161 Å². The van der Waals surface area contributed by atoms with E-state index in [0.29, 0.717) is 34.1 Å². The summed E-state index contributed by atoms with van der Waals surface area (Å²) in [7, 11) is -0.923. The molecule has 2 bridgehead atoms. The summed E-state index contributed by atoms with van der Waals surface area (Å²) in [5, 5.41) is 32.8. The zero-order chi connectivity index (χ0) is 49.8. The number of aliphatic imine (C=N–C) groups is 1. The number of ether oxygens (including phenoxy) is 4. The number of alkyl halides is 1. The molecule has 3 fully saturated rings. The molecule has 0 radical (unpaired) electrons. The second-order valence-electron chi connectivity index (χ2n) is 18.9. The van der Waals surface area contributed by atoms with Crippen LogP contribution in [0.3, 0.4) is 0 Å². The first kappa shape index (κ1) is 54.3. The van der Waals surface area contributed by atoms with Gasteiger partial charge in [0.2, 0.25) is 5.91 Å². The number of anilines is 1. The van der Waals surface area contributed by atoms with Crippen LogP contribution in [0.1, 0.15) is 107 Å². The molecule has 67 heavy (non-hydrogen) atoms. The summed E-state index contributed by atoms with van der Waals surface area (Å²) in [6.07, 6.45) is -3.22. The van der Waals surface area contributed by atoms with Gasteiger partial charge in [0.05, 0.1) is 35.8 Å². The molecule has 3 saturated heterocycles. The molecule has 5 rings (SSSR count). The maximum Gasteiger partial charge on any atom is 0.428 e. The minimum Gasteiger partial charge on any atom is -0.457 e. The molecule has 5 N–H and O–H groups in total. The SMILES string of the molecule is CCC(=O)N=C1[C@H](C)C[C@@]2(C)OC/C(=N/OCc3ccc(-c4nc(NP(=O)(O)O)cs4)cn3)CC[C@H]([C@H]1C)[C@](C)(O)[C@@H](CC)OC(=O)[C@@](C)(F)C(=O)[C@H](C)[C@H]2O[C@@H]1O[C@H](C)C[C@H](N(C)C)[C@H]1O. The van der Waals surface area contributed by atoms with E-state index in [1.54, 1.807) is 32.9 Å². The fraction of sp³-hybridized carbons (Fsp3) is 0.711. The van der Waals surface area contributed by atoms with Crippen LogP contribution < -0.4 is 5.09 Å². The molecule has 22 heteroatoms. The number of nitrogens with zero attached hydrogens (tertiary/aromatic N) is 5. The number of hydrogen-bond acceptors (Lipinski definition) is 16. The Morgan fingerprint density at radius 3 is 2.43 bits per heavy atom. The van der Waals surface area contributed by atoms with Gasteiger partial charge in [-0.25, -0.2) is 23.7 Å². The van der Waals surface area contributed by atoms with Gasteiger partial charge in [0.15, 0.2) is 18.7 Å². The lowest BCUT2D eigenvalue weighted by molar-refractivity contribution is -0.296. The number of carbonyl (C=O) groups excluding carboxylic acids is 3. The molecule has 0 aliphatic carbocycles. The normalized spacial score (nSPS) is 36.3. The summed E-state index contributed by atoms with van der Waals surface area (Å²) in [5.74, 6) is -6.53. The first-order valence-electron chi connectivity index (χ1n) is 22.7. The summed E-state index contributed by atoms with van der Waals surface area (Å²) >= 11 is 1.17. The number of likely N-dealkylation sites (N-methyl/N-ethyl adjacent to an activating group) is 1. The van der Waals surface area contributed by atoms with Gasteiger partial charge in [0, 0.05) is 47.2 Å². The van der Waals surface area contributed by atoms with Crippen LogP contribution in [0.2, 0.25) is 0 Å². The fourth-order valence-electron chi connectivity index (χ4n) is 9.61. The zero-order valence-electron chi connectivity index (χ0n) is 40.2. The highest BCUT2D eigenvalue weighted by Crippen LogP contribution is 2.43. The number of fused-ring (bicyclic) bond motifs is 5. The van der Waals surface area contributed by atoms with Gasteiger partial charge < -0.3 is 48.7 Å². The first-order valence-corrected chi connectivity index (χ1v) is 25.2. The maximum absolute atomic E-state index is 17.0. The van der Waals surface area contributed by atoms with Crippen LogP contribution in [0, 0.1) is 23.7 Å². The van der Waals surface area contributed by atoms with Crippen molar-refractivity contribution in [3.05, 3.63) is 29.4 Å². The molecule has 3 aliphatic rings. The standard InChI is InChI=1S/C45H68FN6O13PS/c1-12-33-45(9,57)31-17-16-30(50-62-22-29-15-14-28(20-47-29)40-48-34(23-67-40)51-66(58,59)60)21-61-43(7,19-24(3)36(26(31)5)49-35(53)13-2)39(27(6)38(55)44(8,46)42(56)64-33)65-41-37(54)32(52(10)11)18-25(4)63-41/h14-15,20,23-27,31-33,37,39,41,54,57H,12-13,16-19,21-22H2,1-11H3,(H3,51,58,59,60)/b49-36?,50-30+/t24-,25-,26-,27+,31-,32+,33-,37-,39-,41+,43-,44+,45+/m1/s1. The number of hydrogen-bond donors (Lipinski definition) is 5. The number of aromatic nitrogens is 2. The van der Waals surface area contributed by atoms with Crippen LogP contribution in [0.5, 0.6) is 0 Å². The van der Waals surface area contributed by atoms with Crippen molar-refractivity contribution < 1.29 is 67.1 Å². The van der Waals surface area contributed by atoms with Crippen LogP contribution >= 0.6 is 19.1 Å². The maximum atomic E-state index is 17.0. The van der Waals surface area contributed by atoms with Crippen molar-refractivity contribution in [2.24, 2.45) is 33.8 Å². The molecule has 5 heterocycles. The highest BCUT2D eigenvalue weighted by molar-refractivity contribution is 7.53. The van der Waals surface area contributed by atoms with Crippen molar-refractivity contribution in [1.29, 1.82) is 0 Å². The second kappa shape index (κ2) is 22.0. The third kappa shape index (κ3) is 13.0. The van der Waals surface area contributed by atoms with Crippen molar-refractivity contribution >= 4 is 54.0 Å². The Balaban J connectivity index is 1.62. The molecule has 1 amide bonds. The quantitative estimate of drug-likeness (QED) is 0.0790. The smallest absolute Gasteiger partial charge is 0.428 e. The summed E-state index contributed by atoms with van der Waals surface area (Å²) < 4.78 is 54.0. The van der Waals surface area contributed by atoms with Crippen LogP contribution in [0.25, 0.3) is 10.6 Å². The minimum atomic E-state index is -4.54. The van der Waals surface area contributed by atoms with Gasteiger partial charge in [0.1, 0.15) is 28.6 Å². The van der Waals surface area contributed by atoms with E-state index in [-0.39, 0.29) is 51.1 Å². The van der Waals surface area contributed by atoms with Crippen LogP contribution in [-0.4, -0.2) is 138 Å². The number of Topliss-reactive ketones (excluding diaryl/α,β-unsaturated/α-hetero) is 1. The second-order valence-corrected chi connectivity index (χ2v) is 21.1. The number of oxime groups is 1. The van der Waals surface area contributed by atoms with E-state index < -0.39 is 103 Å².